The summed E-state index contributed by atoms with van der Waals surface area (Å²) < 4.78 is 13.9. The largest absolute Gasteiger partial charge is 0.392 e. The fraction of sp³-hybridized carbons (Fsp3) is 0.550. The summed E-state index contributed by atoms with van der Waals surface area (Å²) in [5.74, 6) is -0.172. The summed E-state index contributed by atoms with van der Waals surface area (Å²) >= 11 is 1.58. The van der Waals surface area contributed by atoms with Crippen molar-refractivity contribution in [2.24, 2.45) is 0 Å². The minimum atomic E-state index is -0.898. The van der Waals surface area contributed by atoms with Gasteiger partial charge in [-0.2, -0.15) is 0 Å². The molecule has 0 aliphatic carbocycles. The van der Waals surface area contributed by atoms with Gasteiger partial charge >= 0.3 is 0 Å². The molecule has 2 fully saturated rings. The molecule has 1 atom stereocenters. The Morgan fingerprint density at radius 3 is 2.63 bits per heavy atom. The first-order chi connectivity index (χ1) is 13.0. The van der Waals surface area contributed by atoms with Gasteiger partial charge in [-0.05, 0) is 25.3 Å². The molecule has 1 unspecified atom stereocenters. The number of hydrogen-bond acceptors (Lipinski definition) is 6. The minimum Gasteiger partial charge on any atom is -0.392 e. The van der Waals surface area contributed by atoms with E-state index < -0.39 is 5.60 Å². The van der Waals surface area contributed by atoms with E-state index in [4.69, 9.17) is 0 Å². The third kappa shape index (κ3) is 4.38. The fourth-order valence-electron chi connectivity index (χ4n) is 3.95. The van der Waals surface area contributed by atoms with Gasteiger partial charge in [0.2, 0.25) is 0 Å². The number of benzene rings is 1. The molecule has 2 aromatic rings. The number of aliphatic hydroxyl groups is 2. The molecule has 7 heteroatoms. The van der Waals surface area contributed by atoms with E-state index in [0.717, 1.165) is 43.3 Å². The number of rotatable bonds is 5. The first-order valence-electron chi connectivity index (χ1n) is 9.55. The maximum atomic E-state index is 13.9. The van der Waals surface area contributed by atoms with Crippen LogP contribution in [0.15, 0.2) is 29.6 Å². The SMILES string of the molecule is OC1CCN(Cc2nc(C3(O)CCN(Cc4ccccc4F)CC3)cs2)C1. The van der Waals surface area contributed by atoms with Crippen molar-refractivity contribution in [3.63, 3.8) is 0 Å². The normalized spacial score (nSPS) is 23.7. The average molecular weight is 392 g/mol. The van der Waals surface area contributed by atoms with Gasteiger partial charge in [0, 0.05) is 43.7 Å². The summed E-state index contributed by atoms with van der Waals surface area (Å²) in [6.45, 7) is 4.33. The van der Waals surface area contributed by atoms with Crippen LogP contribution in [-0.4, -0.2) is 57.3 Å². The minimum absolute atomic E-state index is 0.172. The Morgan fingerprint density at radius 1 is 1.15 bits per heavy atom. The lowest BCUT2D eigenvalue weighted by atomic mass is 9.88. The molecule has 146 valence electrons. The van der Waals surface area contributed by atoms with Gasteiger partial charge in [0.15, 0.2) is 0 Å². The smallest absolute Gasteiger partial charge is 0.127 e. The zero-order valence-corrected chi connectivity index (χ0v) is 16.2. The molecule has 0 amide bonds. The Kier molecular flexibility index (Phi) is 5.57. The molecule has 2 aliphatic heterocycles. The Bertz CT molecular complexity index is 776. The molecule has 0 saturated carbocycles. The summed E-state index contributed by atoms with van der Waals surface area (Å²) in [5.41, 5.74) is 0.560. The highest BCUT2D eigenvalue weighted by atomic mass is 32.1. The number of thiazole rings is 1. The highest BCUT2D eigenvalue weighted by molar-refractivity contribution is 7.09. The first-order valence-corrected chi connectivity index (χ1v) is 10.4. The lowest BCUT2D eigenvalue weighted by Gasteiger charge is -2.37. The van der Waals surface area contributed by atoms with Crippen molar-refractivity contribution >= 4 is 11.3 Å². The Morgan fingerprint density at radius 2 is 1.93 bits per heavy atom. The molecule has 0 radical (unpaired) electrons. The molecular weight excluding hydrogens is 365 g/mol. The third-order valence-corrected chi connectivity index (χ3v) is 6.50. The van der Waals surface area contributed by atoms with Crippen molar-refractivity contribution in [1.29, 1.82) is 0 Å². The van der Waals surface area contributed by atoms with Gasteiger partial charge < -0.3 is 10.2 Å². The van der Waals surface area contributed by atoms with Crippen LogP contribution in [0.25, 0.3) is 0 Å². The van der Waals surface area contributed by atoms with Crippen LogP contribution in [0.1, 0.15) is 35.5 Å². The molecule has 0 spiro atoms. The van der Waals surface area contributed by atoms with Gasteiger partial charge in [0.1, 0.15) is 16.4 Å². The van der Waals surface area contributed by atoms with Crippen molar-refractivity contribution in [2.75, 3.05) is 26.2 Å². The van der Waals surface area contributed by atoms with E-state index in [1.807, 2.05) is 17.5 Å². The van der Waals surface area contributed by atoms with Crippen LogP contribution in [0.2, 0.25) is 0 Å². The van der Waals surface area contributed by atoms with Crippen LogP contribution >= 0.6 is 11.3 Å². The van der Waals surface area contributed by atoms with E-state index in [1.54, 1.807) is 17.4 Å². The first kappa shape index (κ1) is 19.0. The second-order valence-electron chi connectivity index (χ2n) is 7.70. The van der Waals surface area contributed by atoms with Crippen LogP contribution in [-0.2, 0) is 18.7 Å². The van der Waals surface area contributed by atoms with Crippen molar-refractivity contribution in [1.82, 2.24) is 14.8 Å². The second kappa shape index (κ2) is 7.93. The second-order valence-corrected chi connectivity index (χ2v) is 8.65. The molecule has 2 N–H and O–H groups in total. The van der Waals surface area contributed by atoms with E-state index in [0.29, 0.717) is 31.5 Å². The lowest BCUT2D eigenvalue weighted by molar-refractivity contribution is -0.0309. The van der Waals surface area contributed by atoms with Crippen LogP contribution < -0.4 is 0 Å². The monoisotopic (exact) mass is 391 g/mol. The van der Waals surface area contributed by atoms with Crippen molar-refractivity contribution < 1.29 is 14.6 Å². The standard InChI is InChI=1S/C20H26FN3O2S/c21-17-4-2-1-3-15(17)11-23-9-6-20(26,7-10-23)18-14-27-19(22-18)13-24-8-5-16(25)12-24/h1-4,14,16,25-26H,5-13H2. The number of likely N-dealkylation sites (tertiary alicyclic amines) is 2. The average Bonchev–Trinajstić information content (AvgIpc) is 3.29. The summed E-state index contributed by atoms with van der Waals surface area (Å²) in [6.07, 6.45) is 1.80. The fourth-order valence-corrected chi connectivity index (χ4v) is 4.88. The molecule has 2 aliphatic rings. The molecule has 0 bridgehead atoms. The van der Waals surface area contributed by atoms with Crippen molar-refractivity contribution in [3.05, 3.63) is 51.7 Å². The van der Waals surface area contributed by atoms with Crippen LogP contribution in [0.5, 0.6) is 0 Å². The highest BCUT2D eigenvalue weighted by Gasteiger charge is 2.36. The van der Waals surface area contributed by atoms with Crippen molar-refractivity contribution in [2.45, 2.75) is 44.1 Å². The van der Waals surface area contributed by atoms with E-state index in [-0.39, 0.29) is 11.9 Å². The Balaban J connectivity index is 1.34. The van der Waals surface area contributed by atoms with Gasteiger partial charge in [-0.1, -0.05) is 18.2 Å². The number of aromatic nitrogens is 1. The van der Waals surface area contributed by atoms with Gasteiger partial charge in [0.05, 0.1) is 18.3 Å². The van der Waals surface area contributed by atoms with Crippen LogP contribution in [0.4, 0.5) is 4.39 Å². The zero-order valence-electron chi connectivity index (χ0n) is 15.4. The summed E-state index contributed by atoms with van der Waals surface area (Å²) in [6, 6.07) is 6.87. The summed E-state index contributed by atoms with van der Waals surface area (Å²) in [4.78, 5) is 9.07. The zero-order chi connectivity index (χ0) is 18.9. The lowest BCUT2D eigenvalue weighted by Crippen LogP contribution is -2.42. The van der Waals surface area contributed by atoms with Crippen LogP contribution in [0.3, 0.4) is 0 Å². The summed E-state index contributed by atoms with van der Waals surface area (Å²) in [7, 11) is 0. The number of β-amino-alcohol motifs (C(OH)–C–C–N with tert-alkyl or cyclic N) is 1. The summed E-state index contributed by atoms with van der Waals surface area (Å²) in [5, 5.41) is 23.7. The molecule has 3 heterocycles. The number of nitrogens with zero attached hydrogens (tertiary/aromatic N) is 3. The highest BCUT2D eigenvalue weighted by Crippen LogP contribution is 2.34. The molecule has 5 nitrogen and oxygen atoms in total. The van der Waals surface area contributed by atoms with Crippen LogP contribution in [0, 0.1) is 5.82 Å². The number of hydrogen-bond donors (Lipinski definition) is 2. The predicted octanol–water partition coefficient (Wildman–Crippen LogP) is 2.33. The predicted molar refractivity (Wildman–Crippen MR) is 103 cm³/mol. The Labute approximate surface area is 163 Å². The topological polar surface area (TPSA) is 59.8 Å². The molecule has 1 aromatic carbocycles. The van der Waals surface area contributed by atoms with Gasteiger partial charge in [-0.3, -0.25) is 9.80 Å². The number of halogens is 1. The van der Waals surface area contributed by atoms with E-state index in [9.17, 15) is 14.6 Å². The maximum absolute atomic E-state index is 13.9. The maximum Gasteiger partial charge on any atom is 0.127 e. The third-order valence-electron chi connectivity index (χ3n) is 5.67. The Hall–Kier alpha value is -1.38. The van der Waals surface area contributed by atoms with Gasteiger partial charge in [-0.25, -0.2) is 9.37 Å². The van der Waals surface area contributed by atoms with Crippen molar-refractivity contribution in [3.8, 4) is 0 Å². The molecule has 27 heavy (non-hydrogen) atoms. The van der Waals surface area contributed by atoms with Gasteiger partial charge in [0.25, 0.3) is 0 Å². The van der Waals surface area contributed by atoms with E-state index >= 15 is 0 Å². The molecular formula is C20H26FN3O2S. The molecule has 4 rings (SSSR count). The number of piperidine rings is 1. The van der Waals surface area contributed by atoms with E-state index in [1.165, 1.54) is 6.07 Å². The van der Waals surface area contributed by atoms with Gasteiger partial charge in [-0.15, -0.1) is 11.3 Å². The number of aliphatic hydroxyl groups excluding tert-OH is 1. The molecule has 1 aromatic heterocycles. The quantitative estimate of drug-likeness (QED) is 0.819. The van der Waals surface area contributed by atoms with E-state index in [2.05, 4.69) is 14.8 Å². The molecule has 2 saturated heterocycles.